The van der Waals surface area contributed by atoms with Crippen LogP contribution >= 0.6 is 15.9 Å². The van der Waals surface area contributed by atoms with E-state index in [2.05, 4.69) is 25.9 Å². The zero-order valence-corrected chi connectivity index (χ0v) is 10.6. The van der Waals surface area contributed by atoms with Crippen LogP contribution in [0.2, 0.25) is 0 Å². The number of nitrogens with zero attached hydrogens (tertiary/aromatic N) is 3. The Morgan fingerprint density at radius 3 is 2.81 bits per heavy atom. The average molecular weight is 281 g/mol. The van der Waals surface area contributed by atoms with Crippen molar-refractivity contribution in [3.63, 3.8) is 0 Å². The van der Waals surface area contributed by atoms with E-state index in [1.54, 1.807) is 12.4 Å². The minimum atomic E-state index is -0.116. The molecule has 0 aliphatic heterocycles. The van der Waals surface area contributed by atoms with E-state index in [4.69, 9.17) is 5.73 Å². The second-order valence-corrected chi connectivity index (χ2v) is 4.58. The van der Waals surface area contributed by atoms with Crippen LogP contribution in [0.5, 0.6) is 0 Å². The number of imidazole rings is 1. The van der Waals surface area contributed by atoms with E-state index in [0.29, 0.717) is 6.42 Å². The molecule has 0 spiro atoms. The molecular weight excluding hydrogens is 268 g/mol. The molecule has 0 aliphatic rings. The number of pyridine rings is 1. The average Bonchev–Trinajstić information content (AvgIpc) is 2.65. The molecule has 0 saturated heterocycles. The Morgan fingerprint density at radius 2 is 2.25 bits per heavy atom. The molecular formula is C11H13BrN4. The van der Waals surface area contributed by atoms with Gasteiger partial charge in [-0.05, 0) is 28.1 Å². The van der Waals surface area contributed by atoms with Crippen molar-refractivity contribution in [2.45, 2.75) is 12.5 Å². The number of halogens is 1. The van der Waals surface area contributed by atoms with Crippen molar-refractivity contribution in [2.24, 2.45) is 12.8 Å². The van der Waals surface area contributed by atoms with E-state index in [-0.39, 0.29) is 6.04 Å². The second-order valence-electron chi connectivity index (χ2n) is 3.67. The molecule has 4 nitrogen and oxygen atoms in total. The molecule has 1 atom stereocenters. The van der Waals surface area contributed by atoms with Crippen molar-refractivity contribution in [1.29, 1.82) is 0 Å². The van der Waals surface area contributed by atoms with Gasteiger partial charge in [0.05, 0.1) is 11.7 Å². The predicted octanol–water partition coefficient (Wildman–Crippen LogP) is 1.82. The summed E-state index contributed by atoms with van der Waals surface area (Å²) in [6, 6.07) is 3.76. The van der Waals surface area contributed by atoms with Crippen LogP contribution < -0.4 is 5.73 Å². The standard InChI is InChI=1S/C11H13BrN4/c1-16-5-4-14-11(16)6-9(13)10-3-2-8(12)7-15-10/h2-5,7,9H,6,13H2,1H3. The van der Waals surface area contributed by atoms with Gasteiger partial charge in [-0.3, -0.25) is 4.98 Å². The first-order valence-electron chi connectivity index (χ1n) is 5.00. The van der Waals surface area contributed by atoms with Crippen LogP contribution in [0.3, 0.4) is 0 Å². The number of aryl methyl sites for hydroxylation is 1. The van der Waals surface area contributed by atoms with Crippen LogP contribution in [0.15, 0.2) is 35.2 Å². The first kappa shape index (κ1) is 11.3. The van der Waals surface area contributed by atoms with Gasteiger partial charge in [0.15, 0.2) is 0 Å². The van der Waals surface area contributed by atoms with Gasteiger partial charge in [-0.2, -0.15) is 0 Å². The Kier molecular flexibility index (Phi) is 3.36. The number of hydrogen-bond acceptors (Lipinski definition) is 3. The molecule has 0 saturated carbocycles. The second kappa shape index (κ2) is 4.76. The Labute approximate surface area is 103 Å². The van der Waals surface area contributed by atoms with E-state index < -0.39 is 0 Å². The fraction of sp³-hybridized carbons (Fsp3) is 0.273. The summed E-state index contributed by atoms with van der Waals surface area (Å²) in [5.41, 5.74) is 6.95. The molecule has 0 aromatic carbocycles. The highest BCUT2D eigenvalue weighted by atomic mass is 79.9. The van der Waals surface area contributed by atoms with Crippen LogP contribution in [0, 0.1) is 0 Å². The summed E-state index contributed by atoms with van der Waals surface area (Å²) in [5.74, 6) is 0.970. The lowest BCUT2D eigenvalue weighted by atomic mass is 10.1. The number of hydrogen-bond donors (Lipinski definition) is 1. The summed E-state index contributed by atoms with van der Waals surface area (Å²) < 4.78 is 2.93. The molecule has 84 valence electrons. The molecule has 0 fully saturated rings. The number of nitrogens with two attached hydrogens (primary N) is 1. The summed E-state index contributed by atoms with van der Waals surface area (Å²) in [6.07, 6.45) is 6.14. The van der Waals surface area contributed by atoms with E-state index >= 15 is 0 Å². The fourth-order valence-electron chi connectivity index (χ4n) is 1.50. The summed E-state index contributed by atoms with van der Waals surface area (Å²) in [4.78, 5) is 8.52. The van der Waals surface area contributed by atoms with Gasteiger partial charge in [0.1, 0.15) is 5.82 Å². The molecule has 5 heteroatoms. The molecule has 0 amide bonds. The smallest absolute Gasteiger partial charge is 0.110 e. The van der Waals surface area contributed by atoms with E-state index in [1.807, 2.05) is 29.9 Å². The maximum absolute atomic E-state index is 6.07. The third-order valence-electron chi connectivity index (χ3n) is 2.45. The van der Waals surface area contributed by atoms with Gasteiger partial charge in [0, 0.05) is 36.5 Å². The highest BCUT2D eigenvalue weighted by molar-refractivity contribution is 9.10. The predicted molar refractivity (Wildman–Crippen MR) is 65.8 cm³/mol. The Morgan fingerprint density at radius 1 is 1.44 bits per heavy atom. The molecule has 0 bridgehead atoms. The highest BCUT2D eigenvalue weighted by Crippen LogP contribution is 2.15. The van der Waals surface area contributed by atoms with Gasteiger partial charge in [-0.1, -0.05) is 0 Å². The van der Waals surface area contributed by atoms with Crippen molar-refractivity contribution in [1.82, 2.24) is 14.5 Å². The Balaban J connectivity index is 2.11. The quantitative estimate of drug-likeness (QED) is 0.933. The fourth-order valence-corrected chi connectivity index (χ4v) is 1.74. The van der Waals surface area contributed by atoms with Crippen molar-refractivity contribution in [2.75, 3.05) is 0 Å². The minimum absolute atomic E-state index is 0.116. The maximum Gasteiger partial charge on any atom is 0.110 e. The van der Waals surface area contributed by atoms with Crippen molar-refractivity contribution in [3.8, 4) is 0 Å². The molecule has 16 heavy (non-hydrogen) atoms. The SMILES string of the molecule is Cn1ccnc1CC(N)c1ccc(Br)cn1. The van der Waals surface area contributed by atoms with Gasteiger partial charge in [0.2, 0.25) is 0 Å². The largest absolute Gasteiger partial charge is 0.338 e. The first-order chi connectivity index (χ1) is 7.66. The molecule has 2 aromatic heterocycles. The van der Waals surface area contributed by atoms with E-state index in [1.165, 1.54) is 0 Å². The molecule has 0 radical (unpaired) electrons. The lowest BCUT2D eigenvalue weighted by Crippen LogP contribution is -2.16. The number of rotatable bonds is 3. The summed E-state index contributed by atoms with van der Waals surface area (Å²) in [6.45, 7) is 0. The van der Waals surface area contributed by atoms with E-state index in [0.717, 1.165) is 16.0 Å². The number of aromatic nitrogens is 3. The topological polar surface area (TPSA) is 56.7 Å². The van der Waals surface area contributed by atoms with Gasteiger partial charge < -0.3 is 10.3 Å². The van der Waals surface area contributed by atoms with Gasteiger partial charge >= 0.3 is 0 Å². The van der Waals surface area contributed by atoms with Crippen molar-refractivity contribution < 1.29 is 0 Å². The van der Waals surface area contributed by atoms with Crippen LogP contribution in [0.1, 0.15) is 17.6 Å². The first-order valence-corrected chi connectivity index (χ1v) is 5.79. The zero-order valence-electron chi connectivity index (χ0n) is 8.97. The van der Waals surface area contributed by atoms with Crippen molar-refractivity contribution in [3.05, 3.63) is 46.7 Å². The Hall–Kier alpha value is -1.20. The summed E-state index contributed by atoms with van der Waals surface area (Å²) in [5, 5.41) is 0. The normalized spacial score (nSPS) is 12.7. The molecule has 2 heterocycles. The molecule has 2 N–H and O–H groups in total. The highest BCUT2D eigenvalue weighted by Gasteiger charge is 2.10. The summed E-state index contributed by atoms with van der Waals surface area (Å²) in [7, 11) is 1.96. The monoisotopic (exact) mass is 280 g/mol. The lowest BCUT2D eigenvalue weighted by molar-refractivity contribution is 0.643. The van der Waals surface area contributed by atoms with Crippen LogP contribution in [0.25, 0.3) is 0 Å². The van der Waals surface area contributed by atoms with Gasteiger partial charge in [-0.15, -0.1) is 0 Å². The van der Waals surface area contributed by atoms with Crippen molar-refractivity contribution >= 4 is 15.9 Å². The van der Waals surface area contributed by atoms with Crippen LogP contribution in [0.4, 0.5) is 0 Å². The molecule has 1 unspecified atom stereocenters. The van der Waals surface area contributed by atoms with Gasteiger partial charge in [-0.25, -0.2) is 4.98 Å². The maximum atomic E-state index is 6.07. The lowest BCUT2D eigenvalue weighted by Gasteiger charge is -2.10. The Bertz CT molecular complexity index is 463. The third-order valence-corrected chi connectivity index (χ3v) is 2.92. The van der Waals surface area contributed by atoms with Crippen LogP contribution in [-0.4, -0.2) is 14.5 Å². The minimum Gasteiger partial charge on any atom is -0.338 e. The molecule has 0 aliphatic carbocycles. The molecule has 2 rings (SSSR count). The van der Waals surface area contributed by atoms with Gasteiger partial charge in [0.25, 0.3) is 0 Å². The summed E-state index contributed by atoms with van der Waals surface area (Å²) >= 11 is 3.35. The molecule has 2 aromatic rings. The van der Waals surface area contributed by atoms with E-state index in [9.17, 15) is 0 Å². The third kappa shape index (κ3) is 2.48. The van der Waals surface area contributed by atoms with Crippen LogP contribution in [-0.2, 0) is 13.5 Å². The zero-order chi connectivity index (χ0) is 11.5.